The van der Waals surface area contributed by atoms with Gasteiger partial charge in [0.1, 0.15) is 0 Å². The topological polar surface area (TPSA) is 38.7 Å². The van der Waals surface area contributed by atoms with Crippen molar-refractivity contribution in [2.75, 3.05) is 45.8 Å². The van der Waals surface area contributed by atoms with Crippen molar-refractivity contribution in [2.45, 2.75) is 45.8 Å². The highest BCUT2D eigenvalue weighted by molar-refractivity contribution is 4.75. The van der Waals surface area contributed by atoms with Gasteiger partial charge in [-0.05, 0) is 45.9 Å². The minimum Gasteiger partial charge on any atom is -0.390 e. The van der Waals surface area contributed by atoms with Crippen LogP contribution in [0.4, 0.5) is 0 Å². The quantitative estimate of drug-likeness (QED) is 0.640. The molecular weight excluding hydrogens is 226 g/mol. The normalized spacial score (nSPS) is 20.5. The summed E-state index contributed by atoms with van der Waals surface area (Å²) in [7, 11) is 0. The van der Waals surface area contributed by atoms with Crippen LogP contribution in [0.3, 0.4) is 0 Å². The lowest BCUT2D eigenvalue weighted by atomic mass is 10.2. The average Bonchev–Trinajstić information content (AvgIpc) is 2.89. The molecule has 0 aromatic carbocycles. The predicted molar refractivity (Wildman–Crippen MR) is 76.9 cm³/mol. The minimum absolute atomic E-state index is 0.254. The van der Waals surface area contributed by atoms with E-state index in [1.54, 1.807) is 0 Å². The van der Waals surface area contributed by atoms with Gasteiger partial charge in [0.15, 0.2) is 0 Å². The van der Waals surface area contributed by atoms with Crippen LogP contribution in [0.15, 0.2) is 0 Å². The molecule has 1 aliphatic heterocycles. The summed E-state index contributed by atoms with van der Waals surface area (Å²) in [5.41, 5.74) is 0. The zero-order valence-electron chi connectivity index (χ0n) is 12.4. The molecule has 0 bridgehead atoms. The molecule has 108 valence electrons. The first kappa shape index (κ1) is 15.9. The van der Waals surface area contributed by atoms with Crippen LogP contribution >= 0.6 is 0 Å². The Morgan fingerprint density at radius 1 is 1.17 bits per heavy atom. The molecule has 0 spiro atoms. The van der Waals surface area contributed by atoms with E-state index in [2.05, 4.69) is 35.9 Å². The van der Waals surface area contributed by atoms with E-state index >= 15 is 0 Å². The van der Waals surface area contributed by atoms with Crippen molar-refractivity contribution in [3.8, 4) is 0 Å². The maximum Gasteiger partial charge on any atom is 0.0791 e. The maximum absolute atomic E-state index is 9.94. The fraction of sp³-hybridized carbons (Fsp3) is 1.00. The van der Waals surface area contributed by atoms with Crippen LogP contribution in [0.1, 0.15) is 33.6 Å². The summed E-state index contributed by atoms with van der Waals surface area (Å²) >= 11 is 0. The second-order valence-corrected chi connectivity index (χ2v) is 5.39. The van der Waals surface area contributed by atoms with E-state index in [-0.39, 0.29) is 6.10 Å². The van der Waals surface area contributed by atoms with Crippen molar-refractivity contribution in [2.24, 2.45) is 0 Å². The highest BCUT2D eigenvalue weighted by atomic mass is 16.3. The molecule has 0 aromatic heterocycles. The van der Waals surface area contributed by atoms with Gasteiger partial charge < -0.3 is 15.3 Å². The number of nitrogens with zero attached hydrogens (tertiary/aromatic N) is 2. The molecule has 0 aliphatic carbocycles. The molecule has 0 saturated carbocycles. The van der Waals surface area contributed by atoms with Gasteiger partial charge in [-0.2, -0.15) is 0 Å². The third-order valence-corrected chi connectivity index (χ3v) is 3.95. The Kier molecular flexibility index (Phi) is 7.82. The van der Waals surface area contributed by atoms with E-state index in [9.17, 15) is 5.11 Å². The number of likely N-dealkylation sites (N-methyl/N-ethyl adjacent to an activating group) is 1. The number of aliphatic hydroxyl groups excluding tert-OH is 1. The third kappa shape index (κ3) is 5.65. The Bertz CT molecular complexity index is 203. The van der Waals surface area contributed by atoms with Crippen LogP contribution in [0.25, 0.3) is 0 Å². The zero-order chi connectivity index (χ0) is 13.4. The summed E-state index contributed by atoms with van der Waals surface area (Å²) in [6.45, 7) is 13.5. The maximum atomic E-state index is 9.94. The van der Waals surface area contributed by atoms with Gasteiger partial charge in [0.05, 0.1) is 6.10 Å². The van der Waals surface area contributed by atoms with Crippen molar-refractivity contribution < 1.29 is 5.11 Å². The largest absolute Gasteiger partial charge is 0.390 e. The van der Waals surface area contributed by atoms with E-state index in [0.29, 0.717) is 12.6 Å². The summed E-state index contributed by atoms with van der Waals surface area (Å²) in [5.74, 6) is 0. The standard InChI is InChI=1S/C14H31N3O/c1-4-16(5-2)12-14(18)11-15-10-13(3)17-8-6-7-9-17/h13-15,18H,4-12H2,1-3H3. The molecule has 0 amide bonds. The van der Waals surface area contributed by atoms with E-state index < -0.39 is 0 Å². The zero-order valence-corrected chi connectivity index (χ0v) is 12.4. The summed E-state index contributed by atoms with van der Waals surface area (Å²) in [6, 6.07) is 0.591. The Labute approximate surface area is 112 Å². The first-order valence-corrected chi connectivity index (χ1v) is 7.52. The van der Waals surface area contributed by atoms with Crippen molar-refractivity contribution in [1.29, 1.82) is 0 Å². The first-order valence-electron chi connectivity index (χ1n) is 7.52. The first-order chi connectivity index (χ1) is 8.67. The fourth-order valence-corrected chi connectivity index (χ4v) is 2.61. The molecule has 4 heteroatoms. The molecular formula is C14H31N3O. The SMILES string of the molecule is CCN(CC)CC(O)CNCC(C)N1CCCC1. The van der Waals surface area contributed by atoms with Crippen LogP contribution in [-0.4, -0.2) is 72.9 Å². The van der Waals surface area contributed by atoms with Crippen molar-refractivity contribution in [3.05, 3.63) is 0 Å². The molecule has 0 aromatic rings. The van der Waals surface area contributed by atoms with E-state index in [0.717, 1.165) is 26.2 Å². The van der Waals surface area contributed by atoms with Crippen molar-refractivity contribution in [3.63, 3.8) is 0 Å². The molecule has 1 fully saturated rings. The van der Waals surface area contributed by atoms with Gasteiger partial charge in [0, 0.05) is 25.7 Å². The summed E-state index contributed by atoms with van der Waals surface area (Å²) < 4.78 is 0. The van der Waals surface area contributed by atoms with Crippen LogP contribution in [0, 0.1) is 0 Å². The van der Waals surface area contributed by atoms with Gasteiger partial charge in [0.2, 0.25) is 0 Å². The van der Waals surface area contributed by atoms with Gasteiger partial charge in [-0.15, -0.1) is 0 Å². The number of nitrogens with one attached hydrogen (secondary N) is 1. The van der Waals surface area contributed by atoms with E-state index in [1.165, 1.54) is 25.9 Å². The number of hydrogen-bond acceptors (Lipinski definition) is 4. The van der Waals surface area contributed by atoms with Crippen LogP contribution < -0.4 is 5.32 Å². The average molecular weight is 257 g/mol. The molecule has 18 heavy (non-hydrogen) atoms. The number of hydrogen-bond donors (Lipinski definition) is 2. The van der Waals surface area contributed by atoms with E-state index in [1.807, 2.05) is 0 Å². The fourth-order valence-electron chi connectivity index (χ4n) is 2.61. The van der Waals surface area contributed by atoms with Gasteiger partial charge in [-0.25, -0.2) is 0 Å². The minimum atomic E-state index is -0.254. The van der Waals surface area contributed by atoms with Gasteiger partial charge >= 0.3 is 0 Å². The lowest BCUT2D eigenvalue weighted by molar-refractivity contribution is 0.114. The Balaban J connectivity index is 2.08. The van der Waals surface area contributed by atoms with E-state index in [4.69, 9.17) is 0 Å². The highest BCUT2D eigenvalue weighted by Crippen LogP contribution is 2.10. The summed E-state index contributed by atoms with van der Waals surface area (Å²) in [4.78, 5) is 4.79. The molecule has 2 atom stereocenters. The monoisotopic (exact) mass is 257 g/mol. The molecule has 2 unspecified atom stereocenters. The van der Waals surface area contributed by atoms with Gasteiger partial charge in [0.25, 0.3) is 0 Å². The second kappa shape index (κ2) is 8.86. The van der Waals surface area contributed by atoms with Gasteiger partial charge in [-0.3, -0.25) is 4.90 Å². The molecule has 4 nitrogen and oxygen atoms in total. The summed E-state index contributed by atoms with van der Waals surface area (Å²) in [6.07, 6.45) is 2.43. The van der Waals surface area contributed by atoms with Crippen LogP contribution in [0.2, 0.25) is 0 Å². The molecule has 1 aliphatic rings. The molecule has 1 saturated heterocycles. The lowest BCUT2D eigenvalue weighted by Crippen LogP contribution is -2.43. The lowest BCUT2D eigenvalue weighted by Gasteiger charge is -2.26. The molecule has 0 radical (unpaired) electrons. The number of rotatable bonds is 9. The highest BCUT2D eigenvalue weighted by Gasteiger charge is 2.17. The van der Waals surface area contributed by atoms with Gasteiger partial charge in [-0.1, -0.05) is 13.8 Å². The second-order valence-electron chi connectivity index (χ2n) is 5.39. The van der Waals surface area contributed by atoms with Crippen LogP contribution in [0.5, 0.6) is 0 Å². The van der Waals surface area contributed by atoms with Crippen molar-refractivity contribution >= 4 is 0 Å². The molecule has 1 rings (SSSR count). The Morgan fingerprint density at radius 3 is 2.33 bits per heavy atom. The van der Waals surface area contributed by atoms with Crippen molar-refractivity contribution in [1.82, 2.24) is 15.1 Å². The molecule has 2 N–H and O–H groups in total. The third-order valence-electron chi connectivity index (χ3n) is 3.95. The number of aliphatic hydroxyl groups is 1. The summed E-state index contributed by atoms with van der Waals surface area (Å²) in [5, 5.41) is 13.3. The molecule has 1 heterocycles. The number of likely N-dealkylation sites (tertiary alicyclic amines) is 1. The Hall–Kier alpha value is -0.160. The Morgan fingerprint density at radius 2 is 1.78 bits per heavy atom. The van der Waals surface area contributed by atoms with Crippen LogP contribution in [-0.2, 0) is 0 Å². The smallest absolute Gasteiger partial charge is 0.0791 e. The predicted octanol–water partition coefficient (Wildman–Crippen LogP) is 0.763.